The molecule has 0 unspecified atom stereocenters. The molecule has 0 saturated carbocycles. The number of methoxy groups -OCH3 is 1. The topological polar surface area (TPSA) is 96.5 Å². The number of anilines is 1. The molecule has 1 fully saturated rings. The summed E-state index contributed by atoms with van der Waals surface area (Å²) in [5.74, 6) is -1.99. The van der Waals surface area contributed by atoms with Crippen LogP contribution in [0, 0.1) is 11.7 Å². The van der Waals surface area contributed by atoms with Gasteiger partial charge in [0.25, 0.3) is 5.91 Å². The van der Waals surface area contributed by atoms with E-state index in [9.17, 15) is 18.8 Å². The van der Waals surface area contributed by atoms with Gasteiger partial charge in [0.1, 0.15) is 11.9 Å². The fourth-order valence-electron chi connectivity index (χ4n) is 3.74. The van der Waals surface area contributed by atoms with E-state index in [1.54, 1.807) is 31.4 Å². The van der Waals surface area contributed by atoms with Crippen LogP contribution in [0.1, 0.15) is 23.6 Å². The molecule has 2 atom stereocenters. The first-order chi connectivity index (χ1) is 15.6. The van der Waals surface area contributed by atoms with Crippen molar-refractivity contribution in [1.82, 2.24) is 10.6 Å². The average Bonchev–Trinajstić information content (AvgIpc) is 3.18. The fourth-order valence-corrected chi connectivity index (χ4v) is 5.11. The molecule has 0 radical (unpaired) electrons. The van der Waals surface area contributed by atoms with Gasteiger partial charge in [-0.25, -0.2) is 4.39 Å². The number of halogens is 1. The maximum Gasteiger partial charge on any atom is 0.251 e. The summed E-state index contributed by atoms with van der Waals surface area (Å²) in [7, 11) is -0.267. The highest BCUT2D eigenvalue weighted by molar-refractivity contribution is 6.88. The number of amides is 3. The molecule has 3 rings (SSSR count). The van der Waals surface area contributed by atoms with Gasteiger partial charge in [-0.3, -0.25) is 14.4 Å². The summed E-state index contributed by atoms with van der Waals surface area (Å²) < 4.78 is 19.8. The van der Waals surface area contributed by atoms with E-state index in [4.69, 9.17) is 4.74 Å². The lowest BCUT2D eigenvalue weighted by atomic mass is 10.0. The second kappa shape index (κ2) is 10.3. The summed E-state index contributed by atoms with van der Waals surface area (Å²) in [4.78, 5) is 37.4. The minimum atomic E-state index is -1.86. The molecule has 7 nitrogen and oxygen atoms in total. The van der Waals surface area contributed by atoms with Gasteiger partial charge in [0.05, 0.1) is 20.6 Å². The Morgan fingerprint density at radius 3 is 2.42 bits per heavy atom. The molecule has 2 aromatic rings. The minimum Gasteiger partial charge on any atom is -0.380 e. The molecule has 0 bridgehead atoms. The number of carbonyl (C=O) groups is 3. The lowest BCUT2D eigenvalue weighted by Crippen LogP contribution is -2.41. The molecule has 2 aromatic carbocycles. The molecule has 3 amide bonds. The van der Waals surface area contributed by atoms with E-state index in [2.05, 4.69) is 16.0 Å². The summed E-state index contributed by atoms with van der Waals surface area (Å²) in [6.45, 7) is 6.79. The van der Waals surface area contributed by atoms with Crippen LogP contribution < -0.4 is 21.1 Å². The fraction of sp³-hybridized carbons (Fsp3) is 0.375. The van der Waals surface area contributed by atoms with E-state index in [1.165, 1.54) is 6.07 Å². The Hall–Kier alpha value is -3.04. The third-order valence-corrected chi connectivity index (χ3v) is 7.59. The molecule has 1 saturated heterocycles. The zero-order valence-corrected chi connectivity index (χ0v) is 20.3. The molecule has 176 valence electrons. The monoisotopic (exact) mass is 471 g/mol. The van der Waals surface area contributed by atoms with Crippen molar-refractivity contribution in [3.8, 4) is 0 Å². The smallest absolute Gasteiger partial charge is 0.251 e. The molecule has 1 aliphatic heterocycles. The van der Waals surface area contributed by atoms with Crippen molar-refractivity contribution in [2.45, 2.75) is 38.7 Å². The molecule has 9 heteroatoms. The molecule has 1 aliphatic rings. The Labute approximate surface area is 194 Å². The number of nitrogens with one attached hydrogen (secondary N) is 3. The Morgan fingerprint density at radius 2 is 1.88 bits per heavy atom. The first-order valence-electron chi connectivity index (χ1n) is 10.8. The second-order valence-corrected chi connectivity index (χ2v) is 14.3. The van der Waals surface area contributed by atoms with Gasteiger partial charge < -0.3 is 20.7 Å². The highest BCUT2D eigenvalue weighted by Crippen LogP contribution is 2.20. The van der Waals surface area contributed by atoms with Gasteiger partial charge in [-0.2, -0.15) is 0 Å². The van der Waals surface area contributed by atoms with E-state index >= 15 is 0 Å². The Kier molecular flexibility index (Phi) is 7.65. The zero-order chi connectivity index (χ0) is 24.2. The van der Waals surface area contributed by atoms with Crippen LogP contribution in [-0.2, 0) is 25.7 Å². The number of ether oxygens (including phenoxy) is 1. The first-order valence-corrected chi connectivity index (χ1v) is 14.3. The molecule has 0 aliphatic carbocycles. The maximum absolute atomic E-state index is 14.7. The summed E-state index contributed by atoms with van der Waals surface area (Å²) in [6.07, 6.45) is 0.0797. The van der Waals surface area contributed by atoms with Crippen molar-refractivity contribution in [2.24, 2.45) is 5.92 Å². The van der Waals surface area contributed by atoms with E-state index in [0.29, 0.717) is 23.0 Å². The van der Waals surface area contributed by atoms with Gasteiger partial charge in [-0.15, -0.1) is 0 Å². The third kappa shape index (κ3) is 6.26. The van der Waals surface area contributed by atoms with Crippen LogP contribution in [-0.4, -0.2) is 39.4 Å². The number of benzene rings is 2. The van der Waals surface area contributed by atoms with Gasteiger partial charge in [-0.1, -0.05) is 50.0 Å². The Bertz CT molecular complexity index is 1040. The van der Waals surface area contributed by atoms with Crippen molar-refractivity contribution < 1.29 is 23.5 Å². The van der Waals surface area contributed by atoms with Crippen LogP contribution in [0.15, 0.2) is 42.5 Å². The van der Waals surface area contributed by atoms with Crippen molar-refractivity contribution in [2.75, 3.05) is 19.0 Å². The normalized spacial score (nSPS) is 16.8. The van der Waals surface area contributed by atoms with Crippen LogP contribution in [0.3, 0.4) is 0 Å². The van der Waals surface area contributed by atoms with Crippen molar-refractivity contribution >= 4 is 36.7 Å². The van der Waals surface area contributed by atoms with Crippen LogP contribution in [0.25, 0.3) is 0 Å². The van der Waals surface area contributed by atoms with Crippen LogP contribution in [0.2, 0.25) is 19.6 Å². The van der Waals surface area contributed by atoms with Crippen LogP contribution >= 0.6 is 0 Å². The number of hydrogen-bond donors (Lipinski definition) is 3. The molecule has 3 N–H and O–H groups in total. The summed E-state index contributed by atoms with van der Waals surface area (Å²) in [5.41, 5.74) is 1.80. The molecular weight excluding hydrogens is 441 g/mol. The van der Waals surface area contributed by atoms with E-state index in [0.717, 1.165) is 5.56 Å². The predicted molar refractivity (Wildman–Crippen MR) is 127 cm³/mol. The first kappa shape index (κ1) is 24.6. The molecule has 33 heavy (non-hydrogen) atoms. The van der Waals surface area contributed by atoms with E-state index < -0.39 is 31.8 Å². The average molecular weight is 472 g/mol. The second-order valence-electron chi connectivity index (χ2n) is 9.26. The largest absolute Gasteiger partial charge is 0.380 e. The molecular formula is C24H30FN3O4Si. The lowest BCUT2D eigenvalue weighted by molar-refractivity contribution is -0.129. The Morgan fingerprint density at radius 1 is 1.18 bits per heavy atom. The summed E-state index contributed by atoms with van der Waals surface area (Å²) in [5, 5.41) is 8.78. The van der Waals surface area contributed by atoms with E-state index in [-0.39, 0.29) is 24.7 Å². The van der Waals surface area contributed by atoms with Gasteiger partial charge in [0.15, 0.2) is 0 Å². The molecule has 1 heterocycles. The van der Waals surface area contributed by atoms with E-state index in [1.807, 2.05) is 31.8 Å². The lowest BCUT2D eigenvalue weighted by Gasteiger charge is -2.22. The minimum absolute atomic E-state index is 0.0797. The van der Waals surface area contributed by atoms with Crippen LogP contribution in [0.4, 0.5) is 10.1 Å². The van der Waals surface area contributed by atoms with Gasteiger partial charge in [0, 0.05) is 25.8 Å². The Balaban J connectivity index is 1.83. The van der Waals surface area contributed by atoms with Crippen LogP contribution in [0.5, 0.6) is 0 Å². The van der Waals surface area contributed by atoms with Gasteiger partial charge in [-0.05, 0) is 28.4 Å². The standard InChI is InChI=1S/C24H30FN3O4Si/c1-32-14-15-5-7-16(8-6-15)22(28-23(30)17-11-21(29)26-13-17)24(31)27-18-9-10-20(19(25)12-18)33(2,3)4/h5-10,12,17,22H,11,13-14H2,1-4H3,(H,26,29)(H,27,31)(H,28,30)/t17-,22-/m1/s1. The van der Waals surface area contributed by atoms with Crippen molar-refractivity contribution in [1.29, 1.82) is 0 Å². The maximum atomic E-state index is 14.7. The molecule has 0 spiro atoms. The SMILES string of the molecule is COCc1ccc([C@@H](NC(=O)[C@H]2CNC(=O)C2)C(=O)Nc2ccc([Si](C)(C)C)c(F)c2)cc1. The van der Waals surface area contributed by atoms with Crippen molar-refractivity contribution in [3.05, 3.63) is 59.4 Å². The van der Waals surface area contributed by atoms with Gasteiger partial charge >= 0.3 is 0 Å². The summed E-state index contributed by atoms with van der Waals surface area (Å²) >= 11 is 0. The molecule has 0 aromatic heterocycles. The third-order valence-electron chi connectivity index (χ3n) is 5.57. The zero-order valence-electron chi connectivity index (χ0n) is 19.3. The highest BCUT2D eigenvalue weighted by atomic mass is 28.3. The summed E-state index contributed by atoms with van der Waals surface area (Å²) in [6, 6.07) is 10.8. The number of hydrogen-bond acceptors (Lipinski definition) is 4. The quantitative estimate of drug-likeness (QED) is 0.516. The highest BCUT2D eigenvalue weighted by Gasteiger charge is 2.32. The number of carbonyl (C=O) groups excluding carboxylic acids is 3. The predicted octanol–water partition coefficient (Wildman–Crippen LogP) is 2.45. The number of rotatable bonds is 8. The van der Waals surface area contributed by atoms with Crippen molar-refractivity contribution in [3.63, 3.8) is 0 Å². The van der Waals surface area contributed by atoms with Gasteiger partial charge in [0.2, 0.25) is 11.8 Å².